The Kier molecular flexibility index (Phi) is 4.44. The Morgan fingerprint density at radius 2 is 1.90 bits per heavy atom. The molecule has 0 radical (unpaired) electrons. The van der Waals surface area contributed by atoms with Gasteiger partial charge in [-0.05, 0) is 38.1 Å². The zero-order valence-electron chi connectivity index (χ0n) is 11.1. The number of nitrogens with zero attached hydrogens (tertiary/aromatic N) is 1. The molecule has 0 aliphatic heterocycles. The average molecular weight is 296 g/mol. The minimum absolute atomic E-state index is 0.0454. The fourth-order valence-corrected chi connectivity index (χ4v) is 2.41. The summed E-state index contributed by atoms with van der Waals surface area (Å²) < 4.78 is 33.1. The van der Waals surface area contributed by atoms with Crippen molar-refractivity contribution in [1.82, 2.24) is 4.98 Å². The summed E-state index contributed by atoms with van der Waals surface area (Å²) in [5.41, 5.74) is 5.43. The standard InChI is InChI=1S/C14H14F2N2OS/c1-8(2)19-12-4-3-5-18-14(12)20-13-10(15)6-9(17)7-11(13)16/h3-8H,17H2,1-2H3. The second kappa shape index (κ2) is 6.09. The van der Waals surface area contributed by atoms with Crippen LogP contribution in [-0.4, -0.2) is 11.1 Å². The maximum Gasteiger partial charge on any atom is 0.152 e. The van der Waals surface area contributed by atoms with Crippen molar-refractivity contribution in [2.75, 3.05) is 5.73 Å². The van der Waals surface area contributed by atoms with Crippen molar-refractivity contribution in [3.05, 3.63) is 42.1 Å². The van der Waals surface area contributed by atoms with Gasteiger partial charge in [0.05, 0.1) is 11.0 Å². The van der Waals surface area contributed by atoms with Crippen LogP contribution in [0.1, 0.15) is 13.8 Å². The number of halogens is 2. The van der Waals surface area contributed by atoms with Crippen LogP contribution in [0.4, 0.5) is 14.5 Å². The summed E-state index contributed by atoms with van der Waals surface area (Å²) in [4.78, 5) is 3.96. The molecule has 0 aliphatic carbocycles. The second-order valence-electron chi connectivity index (χ2n) is 4.39. The summed E-state index contributed by atoms with van der Waals surface area (Å²) in [7, 11) is 0. The lowest BCUT2D eigenvalue weighted by molar-refractivity contribution is 0.234. The Morgan fingerprint density at radius 3 is 2.50 bits per heavy atom. The summed E-state index contributed by atoms with van der Waals surface area (Å²) in [6.07, 6.45) is 1.49. The van der Waals surface area contributed by atoms with Crippen molar-refractivity contribution in [2.45, 2.75) is 29.9 Å². The Labute approximate surface area is 120 Å². The molecule has 6 heteroatoms. The van der Waals surface area contributed by atoms with Crippen molar-refractivity contribution in [3.8, 4) is 5.75 Å². The number of rotatable bonds is 4. The van der Waals surface area contributed by atoms with E-state index in [1.807, 2.05) is 13.8 Å². The van der Waals surface area contributed by atoms with Crippen molar-refractivity contribution in [2.24, 2.45) is 0 Å². The molecule has 0 fully saturated rings. The van der Waals surface area contributed by atoms with Gasteiger partial charge in [-0.15, -0.1) is 0 Å². The number of nitrogens with two attached hydrogens (primary N) is 1. The fourth-order valence-electron chi connectivity index (χ4n) is 1.57. The van der Waals surface area contributed by atoms with Gasteiger partial charge in [0.2, 0.25) is 0 Å². The van der Waals surface area contributed by atoms with Gasteiger partial charge in [-0.25, -0.2) is 13.8 Å². The maximum absolute atomic E-state index is 13.8. The molecule has 3 nitrogen and oxygen atoms in total. The molecule has 106 valence electrons. The van der Waals surface area contributed by atoms with Crippen molar-refractivity contribution >= 4 is 17.4 Å². The first kappa shape index (κ1) is 14.6. The molecule has 2 aromatic rings. The lowest BCUT2D eigenvalue weighted by atomic mass is 10.3. The highest BCUT2D eigenvalue weighted by Gasteiger charge is 2.16. The molecule has 0 atom stereocenters. The highest BCUT2D eigenvalue weighted by atomic mass is 32.2. The number of hydrogen-bond acceptors (Lipinski definition) is 4. The first-order valence-electron chi connectivity index (χ1n) is 6.01. The summed E-state index contributed by atoms with van der Waals surface area (Å²) in [6, 6.07) is 5.58. The number of anilines is 1. The van der Waals surface area contributed by atoms with E-state index in [9.17, 15) is 8.78 Å². The first-order chi connectivity index (χ1) is 9.47. The van der Waals surface area contributed by atoms with Gasteiger partial charge >= 0.3 is 0 Å². The van der Waals surface area contributed by atoms with Gasteiger partial charge in [0, 0.05) is 11.9 Å². The van der Waals surface area contributed by atoms with Gasteiger partial charge in [-0.3, -0.25) is 0 Å². The average Bonchev–Trinajstić information content (AvgIpc) is 2.34. The van der Waals surface area contributed by atoms with Crippen LogP contribution in [-0.2, 0) is 0 Å². The van der Waals surface area contributed by atoms with E-state index in [4.69, 9.17) is 10.5 Å². The largest absolute Gasteiger partial charge is 0.488 e. The van der Waals surface area contributed by atoms with Crippen molar-refractivity contribution in [1.29, 1.82) is 0 Å². The molecule has 0 bridgehead atoms. The number of benzene rings is 1. The predicted molar refractivity (Wildman–Crippen MR) is 74.9 cm³/mol. The zero-order chi connectivity index (χ0) is 14.7. The van der Waals surface area contributed by atoms with Gasteiger partial charge in [-0.2, -0.15) is 0 Å². The molecule has 20 heavy (non-hydrogen) atoms. The molecule has 1 aromatic heterocycles. The van der Waals surface area contributed by atoms with Gasteiger partial charge < -0.3 is 10.5 Å². The molecule has 1 heterocycles. The van der Waals surface area contributed by atoms with Crippen LogP contribution < -0.4 is 10.5 Å². The third-order valence-corrected chi connectivity index (χ3v) is 3.41. The molecule has 2 N–H and O–H groups in total. The van der Waals surface area contributed by atoms with E-state index >= 15 is 0 Å². The SMILES string of the molecule is CC(C)Oc1cccnc1Sc1c(F)cc(N)cc1F. The van der Waals surface area contributed by atoms with E-state index in [0.29, 0.717) is 10.8 Å². The smallest absolute Gasteiger partial charge is 0.152 e. The number of nitrogen functional groups attached to an aromatic ring is 1. The first-order valence-corrected chi connectivity index (χ1v) is 6.83. The van der Waals surface area contributed by atoms with E-state index < -0.39 is 11.6 Å². The normalized spacial score (nSPS) is 10.8. The number of pyridine rings is 1. The molecule has 0 spiro atoms. The molecule has 0 saturated heterocycles. The van der Waals surface area contributed by atoms with Crippen LogP contribution in [0.25, 0.3) is 0 Å². The Morgan fingerprint density at radius 1 is 1.25 bits per heavy atom. The monoisotopic (exact) mass is 296 g/mol. The number of ether oxygens (including phenoxy) is 1. The van der Waals surface area contributed by atoms with Crippen LogP contribution >= 0.6 is 11.8 Å². The van der Waals surface area contributed by atoms with Crippen LogP contribution in [0.3, 0.4) is 0 Å². The van der Waals surface area contributed by atoms with E-state index in [0.717, 1.165) is 23.9 Å². The third-order valence-electron chi connectivity index (χ3n) is 2.32. The zero-order valence-corrected chi connectivity index (χ0v) is 11.9. The van der Waals surface area contributed by atoms with E-state index in [1.54, 1.807) is 18.3 Å². The molecule has 0 unspecified atom stereocenters. The van der Waals surface area contributed by atoms with Gasteiger partial charge in [0.1, 0.15) is 16.7 Å². The van der Waals surface area contributed by atoms with Crippen LogP contribution in [0.15, 0.2) is 40.4 Å². The van der Waals surface area contributed by atoms with Gasteiger partial charge in [0.25, 0.3) is 0 Å². The molecule has 0 saturated carbocycles. The molecule has 2 rings (SSSR count). The lowest BCUT2D eigenvalue weighted by Crippen LogP contribution is -2.06. The molecule has 0 amide bonds. The third kappa shape index (κ3) is 3.39. The quantitative estimate of drug-likeness (QED) is 0.870. The van der Waals surface area contributed by atoms with E-state index in [-0.39, 0.29) is 16.7 Å². The topological polar surface area (TPSA) is 48.1 Å². The fraction of sp³-hybridized carbons (Fsp3) is 0.214. The van der Waals surface area contributed by atoms with Crippen LogP contribution in [0.2, 0.25) is 0 Å². The summed E-state index contributed by atoms with van der Waals surface area (Å²) in [5.74, 6) is -0.939. The Balaban J connectivity index is 2.35. The Bertz CT molecular complexity index is 597. The molecule has 0 aliphatic rings. The molecule has 1 aromatic carbocycles. The summed E-state index contributed by atoms with van der Waals surface area (Å²) in [6.45, 7) is 3.73. The predicted octanol–water partition coefficient (Wildman–Crippen LogP) is 3.88. The Hall–Kier alpha value is -1.82. The summed E-state index contributed by atoms with van der Waals surface area (Å²) in [5, 5.41) is 0.406. The van der Waals surface area contributed by atoms with Gasteiger partial charge in [-0.1, -0.05) is 11.8 Å². The van der Waals surface area contributed by atoms with Gasteiger partial charge in [0.15, 0.2) is 5.75 Å². The van der Waals surface area contributed by atoms with Crippen LogP contribution in [0.5, 0.6) is 5.75 Å². The minimum atomic E-state index is -0.714. The minimum Gasteiger partial charge on any atom is -0.488 e. The lowest BCUT2D eigenvalue weighted by Gasteiger charge is -2.13. The van der Waals surface area contributed by atoms with Crippen molar-refractivity contribution < 1.29 is 13.5 Å². The molecular formula is C14H14F2N2OS. The summed E-state index contributed by atoms with van der Waals surface area (Å²) >= 11 is 0.876. The highest BCUT2D eigenvalue weighted by Crippen LogP contribution is 2.37. The highest BCUT2D eigenvalue weighted by molar-refractivity contribution is 7.99. The second-order valence-corrected chi connectivity index (χ2v) is 5.39. The molecular weight excluding hydrogens is 282 g/mol. The van der Waals surface area contributed by atoms with Crippen LogP contribution in [0, 0.1) is 11.6 Å². The van der Waals surface area contributed by atoms with E-state index in [2.05, 4.69) is 4.98 Å². The number of hydrogen-bond donors (Lipinski definition) is 1. The van der Waals surface area contributed by atoms with E-state index in [1.165, 1.54) is 0 Å². The number of aromatic nitrogens is 1. The maximum atomic E-state index is 13.8. The van der Waals surface area contributed by atoms with Crippen molar-refractivity contribution in [3.63, 3.8) is 0 Å².